The van der Waals surface area contributed by atoms with E-state index in [-0.39, 0.29) is 12.3 Å². The van der Waals surface area contributed by atoms with Gasteiger partial charge in [-0.05, 0) is 13.8 Å². The van der Waals surface area contributed by atoms with Crippen LogP contribution in [-0.4, -0.2) is 37.3 Å². The van der Waals surface area contributed by atoms with Crippen LogP contribution in [-0.2, 0) is 10.0 Å². The molecule has 0 bridgehead atoms. The molecule has 1 rings (SSSR count). The van der Waals surface area contributed by atoms with Crippen LogP contribution in [0.25, 0.3) is 0 Å². The van der Waals surface area contributed by atoms with Crippen molar-refractivity contribution < 1.29 is 13.2 Å². The largest absolute Gasteiger partial charge is 0.478 e. The molecule has 0 aliphatic carbocycles. The molecule has 0 atom stereocenters. The lowest BCUT2D eigenvalue weighted by Gasteiger charge is -2.10. The van der Waals surface area contributed by atoms with Crippen LogP contribution in [0.2, 0.25) is 0 Å². The second-order valence-electron chi connectivity index (χ2n) is 3.38. The highest BCUT2D eigenvalue weighted by Crippen LogP contribution is 2.19. The number of primary sulfonamides is 1. The Morgan fingerprint density at radius 2 is 2.18 bits per heavy atom. The van der Waals surface area contributed by atoms with E-state index in [1.807, 2.05) is 6.92 Å². The van der Waals surface area contributed by atoms with Crippen LogP contribution in [0.15, 0.2) is 6.33 Å². The van der Waals surface area contributed by atoms with E-state index in [2.05, 4.69) is 15.3 Å². The molecule has 0 aromatic carbocycles. The van der Waals surface area contributed by atoms with Gasteiger partial charge in [-0.25, -0.2) is 23.5 Å². The number of sulfonamides is 1. The van der Waals surface area contributed by atoms with Crippen LogP contribution in [0.4, 0.5) is 5.82 Å². The molecule has 0 unspecified atom stereocenters. The van der Waals surface area contributed by atoms with Gasteiger partial charge < -0.3 is 10.1 Å². The Balaban J connectivity index is 2.68. The first-order chi connectivity index (χ1) is 7.94. The number of ether oxygens (including phenoxy) is 1. The smallest absolute Gasteiger partial charge is 0.221 e. The Kier molecular flexibility index (Phi) is 4.64. The van der Waals surface area contributed by atoms with Gasteiger partial charge in [0.25, 0.3) is 0 Å². The van der Waals surface area contributed by atoms with Crippen LogP contribution in [0, 0.1) is 6.92 Å². The van der Waals surface area contributed by atoms with Crippen LogP contribution in [0.1, 0.15) is 12.5 Å². The first kappa shape index (κ1) is 13.7. The first-order valence-corrected chi connectivity index (χ1v) is 6.84. The maximum atomic E-state index is 10.8. The maximum absolute atomic E-state index is 10.8. The van der Waals surface area contributed by atoms with E-state index in [4.69, 9.17) is 9.88 Å². The van der Waals surface area contributed by atoms with Crippen molar-refractivity contribution in [2.45, 2.75) is 13.8 Å². The van der Waals surface area contributed by atoms with E-state index in [1.54, 1.807) is 6.92 Å². The molecular weight excluding hydrogens is 244 g/mol. The summed E-state index contributed by atoms with van der Waals surface area (Å²) in [6.07, 6.45) is 1.36. The zero-order chi connectivity index (χ0) is 12.9. The lowest BCUT2D eigenvalue weighted by atomic mass is 10.3. The summed E-state index contributed by atoms with van der Waals surface area (Å²) in [6.45, 7) is 4.36. The molecule has 0 amide bonds. The summed E-state index contributed by atoms with van der Waals surface area (Å²) in [4.78, 5) is 7.97. The van der Waals surface area contributed by atoms with Gasteiger partial charge in [-0.15, -0.1) is 0 Å². The normalized spacial score (nSPS) is 11.2. The van der Waals surface area contributed by atoms with Crippen LogP contribution in [0.3, 0.4) is 0 Å². The highest BCUT2D eigenvalue weighted by atomic mass is 32.2. The topological polar surface area (TPSA) is 107 Å². The summed E-state index contributed by atoms with van der Waals surface area (Å²) in [5.41, 5.74) is 0.740. The van der Waals surface area contributed by atoms with Gasteiger partial charge >= 0.3 is 0 Å². The van der Waals surface area contributed by atoms with Gasteiger partial charge in [-0.3, -0.25) is 0 Å². The summed E-state index contributed by atoms with van der Waals surface area (Å²) in [7, 11) is -3.46. The SMILES string of the molecule is CCOc1ncnc(NCCS(N)(=O)=O)c1C. The summed E-state index contributed by atoms with van der Waals surface area (Å²) in [6, 6.07) is 0. The second-order valence-corrected chi connectivity index (χ2v) is 5.11. The molecule has 1 heterocycles. The molecule has 7 nitrogen and oxygen atoms in total. The average Bonchev–Trinajstić information content (AvgIpc) is 2.22. The lowest BCUT2D eigenvalue weighted by Crippen LogP contribution is -2.23. The quantitative estimate of drug-likeness (QED) is 0.738. The molecule has 0 saturated heterocycles. The fourth-order valence-electron chi connectivity index (χ4n) is 1.21. The fourth-order valence-corrected chi connectivity index (χ4v) is 1.59. The third-order valence-electron chi connectivity index (χ3n) is 2.00. The van der Waals surface area contributed by atoms with Crippen LogP contribution >= 0.6 is 0 Å². The molecule has 0 aliphatic heterocycles. The van der Waals surface area contributed by atoms with E-state index in [0.29, 0.717) is 18.3 Å². The third-order valence-corrected chi connectivity index (χ3v) is 2.77. The Bertz CT molecular complexity index is 475. The molecule has 96 valence electrons. The fraction of sp³-hybridized carbons (Fsp3) is 0.556. The standard InChI is InChI=1S/C9H16N4O3S/c1-3-16-9-7(2)8(12-6-13-9)11-4-5-17(10,14)15/h6H,3-5H2,1-2H3,(H2,10,14,15)(H,11,12,13). The van der Waals surface area contributed by atoms with E-state index < -0.39 is 10.0 Å². The van der Waals surface area contributed by atoms with Crippen molar-refractivity contribution >= 4 is 15.8 Å². The van der Waals surface area contributed by atoms with Crippen LogP contribution in [0.5, 0.6) is 5.88 Å². The Morgan fingerprint density at radius 3 is 2.76 bits per heavy atom. The number of hydrogen-bond donors (Lipinski definition) is 2. The van der Waals surface area contributed by atoms with E-state index in [1.165, 1.54) is 6.33 Å². The molecule has 3 N–H and O–H groups in total. The van der Waals surface area contributed by atoms with Gasteiger partial charge in [0.05, 0.1) is 17.9 Å². The second kappa shape index (κ2) is 5.78. The first-order valence-electron chi connectivity index (χ1n) is 5.12. The van der Waals surface area contributed by atoms with Crippen LogP contribution < -0.4 is 15.2 Å². The van der Waals surface area contributed by atoms with E-state index in [9.17, 15) is 8.42 Å². The van der Waals surface area contributed by atoms with Gasteiger partial charge in [0.2, 0.25) is 15.9 Å². The van der Waals surface area contributed by atoms with Crippen molar-refractivity contribution in [2.75, 3.05) is 24.2 Å². The van der Waals surface area contributed by atoms with Crippen molar-refractivity contribution in [2.24, 2.45) is 5.14 Å². The van der Waals surface area contributed by atoms with Crippen molar-refractivity contribution in [3.05, 3.63) is 11.9 Å². The number of nitrogens with two attached hydrogens (primary N) is 1. The number of aromatic nitrogens is 2. The Morgan fingerprint density at radius 1 is 1.47 bits per heavy atom. The predicted octanol–water partition coefficient (Wildman–Crippen LogP) is -0.116. The summed E-state index contributed by atoms with van der Waals surface area (Å²) in [5.74, 6) is 0.883. The van der Waals surface area contributed by atoms with Crippen molar-refractivity contribution in [1.82, 2.24) is 9.97 Å². The lowest BCUT2D eigenvalue weighted by molar-refractivity contribution is 0.324. The highest BCUT2D eigenvalue weighted by molar-refractivity contribution is 7.89. The zero-order valence-corrected chi connectivity index (χ0v) is 10.6. The molecule has 8 heteroatoms. The number of nitrogens with zero attached hydrogens (tertiary/aromatic N) is 2. The summed E-state index contributed by atoms with van der Waals surface area (Å²) < 4.78 is 26.8. The zero-order valence-electron chi connectivity index (χ0n) is 9.80. The number of rotatable bonds is 6. The number of anilines is 1. The molecule has 0 spiro atoms. The minimum atomic E-state index is -3.46. The maximum Gasteiger partial charge on any atom is 0.221 e. The number of hydrogen-bond acceptors (Lipinski definition) is 6. The van der Waals surface area contributed by atoms with Crippen molar-refractivity contribution in [1.29, 1.82) is 0 Å². The van der Waals surface area contributed by atoms with E-state index in [0.717, 1.165) is 5.56 Å². The number of nitrogens with one attached hydrogen (secondary N) is 1. The van der Waals surface area contributed by atoms with Gasteiger partial charge in [-0.2, -0.15) is 0 Å². The van der Waals surface area contributed by atoms with Crippen molar-refractivity contribution in [3.63, 3.8) is 0 Å². The molecule has 1 aromatic heterocycles. The minimum absolute atomic E-state index is 0.152. The Labute approximate surface area is 100 Å². The van der Waals surface area contributed by atoms with Crippen molar-refractivity contribution in [3.8, 4) is 5.88 Å². The minimum Gasteiger partial charge on any atom is -0.478 e. The predicted molar refractivity (Wildman–Crippen MR) is 64.4 cm³/mol. The monoisotopic (exact) mass is 260 g/mol. The van der Waals surface area contributed by atoms with Gasteiger partial charge in [0.15, 0.2) is 0 Å². The average molecular weight is 260 g/mol. The molecule has 1 aromatic rings. The Hall–Kier alpha value is -1.41. The molecule has 0 aliphatic rings. The summed E-state index contributed by atoms with van der Waals surface area (Å²) in [5, 5.41) is 7.77. The van der Waals surface area contributed by atoms with Gasteiger partial charge in [0.1, 0.15) is 12.1 Å². The van der Waals surface area contributed by atoms with Gasteiger partial charge in [0, 0.05) is 6.54 Å². The van der Waals surface area contributed by atoms with E-state index >= 15 is 0 Å². The molecule has 17 heavy (non-hydrogen) atoms. The van der Waals surface area contributed by atoms with Gasteiger partial charge in [-0.1, -0.05) is 0 Å². The molecular formula is C9H16N4O3S. The third kappa shape index (κ3) is 4.53. The molecule has 0 radical (unpaired) electrons. The highest BCUT2D eigenvalue weighted by Gasteiger charge is 2.08. The molecule has 0 fully saturated rings. The summed E-state index contributed by atoms with van der Waals surface area (Å²) >= 11 is 0. The molecule has 0 saturated carbocycles.